The Morgan fingerprint density at radius 1 is 1.35 bits per heavy atom. The highest BCUT2D eigenvalue weighted by Crippen LogP contribution is 2.36. The summed E-state index contributed by atoms with van der Waals surface area (Å²) in [4.78, 5) is 4.35. The molecule has 2 nitrogen and oxygen atoms in total. The number of aromatic nitrogens is 1. The van der Waals surface area contributed by atoms with Gasteiger partial charge in [0.2, 0.25) is 0 Å². The van der Waals surface area contributed by atoms with E-state index in [1.165, 1.54) is 11.8 Å². The predicted molar refractivity (Wildman–Crippen MR) is 62.3 cm³/mol. The van der Waals surface area contributed by atoms with E-state index in [1.54, 1.807) is 6.26 Å². The highest BCUT2D eigenvalue weighted by Gasteiger charge is 2.26. The van der Waals surface area contributed by atoms with Crippen LogP contribution in [0, 0.1) is 11.3 Å². The topological polar surface area (TPSA) is 36.7 Å². The third-order valence-electron chi connectivity index (χ3n) is 3.01. The first kappa shape index (κ1) is 12.3. The summed E-state index contributed by atoms with van der Waals surface area (Å²) in [5, 5.41) is 9.48. The molecule has 0 amide bonds. The monoisotopic (exact) mass is 254 g/mol. The van der Waals surface area contributed by atoms with Gasteiger partial charge in [-0.25, -0.2) is 13.8 Å². The van der Waals surface area contributed by atoms with Gasteiger partial charge in [-0.05, 0) is 37.5 Å². The first-order valence-corrected chi connectivity index (χ1v) is 6.69. The molecule has 0 spiro atoms. The van der Waals surface area contributed by atoms with E-state index in [4.69, 9.17) is 5.26 Å². The van der Waals surface area contributed by atoms with Crippen molar-refractivity contribution < 1.29 is 8.78 Å². The lowest BCUT2D eigenvalue weighted by Crippen LogP contribution is -2.12. The molecule has 90 valence electrons. The average Bonchev–Trinajstić information content (AvgIpc) is 2.35. The van der Waals surface area contributed by atoms with Gasteiger partial charge in [0, 0.05) is 11.3 Å². The first-order valence-electron chi connectivity index (χ1n) is 5.47. The van der Waals surface area contributed by atoms with Crippen LogP contribution in [-0.4, -0.2) is 11.2 Å². The first-order chi connectivity index (χ1) is 8.19. The standard InChI is InChI=1S/C12H12F2N2S/c1-17-12-8(6-15)10(11(13)14)7-4-2-3-5-9(7)16-12/h11H,2-5H2,1H3. The van der Waals surface area contributed by atoms with Crippen LogP contribution in [0.5, 0.6) is 0 Å². The van der Waals surface area contributed by atoms with Crippen LogP contribution in [-0.2, 0) is 12.8 Å². The number of fused-ring (bicyclic) bond motifs is 1. The number of thioether (sulfide) groups is 1. The molecule has 0 aliphatic heterocycles. The fourth-order valence-electron chi connectivity index (χ4n) is 2.24. The molecule has 0 saturated carbocycles. The quantitative estimate of drug-likeness (QED) is 0.758. The number of alkyl halides is 2. The minimum atomic E-state index is -2.59. The Hall–Kier alpha value is -1.15. The van der Waals surface area contributed by atoms with Crippen LogP contribution < -0.4 is 0 Å². The number of hydrogen-bond donors (Lipinski definition) is 0. The molecule has 1 aliphatic carbocycles. The smallest absolute Gasteiger partial charge is 0.245 e. The molecule has 17 heavy (non-hydrogen) atoms. The molecule has 0 radical (unpaired) electrons. The Bertz CT molecular complexity index is 480. The SMILES string of the molecule is CSc1nc2c(c(C(F)F)c1C#N)CCCC2. The van der Waals surface area contributed by atoms with Crippen LogP contribution >= 0.6 is 11.8 Å². The summed E-state index contributed by atoms with van der Waals surface area (Å²) in [7, 11) is 0. The Labute approximate surface area is 103 Å². The van der Waals surface area contributed by atoms with E-state index in [2.05, 4.69) is 4.98 Å². The van der Waals surface area contributed by atoms with Crippen molar-refractivity contribution >= 4 is 11.8 Å². The van der Waals surface area contributed by atoms with E-state index in [0.717, 1.165) is 25.0 Å². The van der Waals surface area contributed by atoms with Gasteiger partial charge in [0.1, 0.15) is 11.1 Å². The Balaban J connectivity index is 2.70. The van der Waals surface area contributed by atoms with Crippen LogP contribution in [0.4, 0.5) is 8.78 Å². The number of halogens is 2. The van der Waals surface area contributed by atoms with Gasteiger partial charge in [-0.15, -0.1) is 11.8 Å². The van der Waals surface area contributed by atoms with Crippen molar-refractivity contribution in [3.8, 4) is 6.07 Å². The second kappa shape index (κ2) is 5.01. The summed E-state index contributed by atoms with van der Waals surface area (Å²) in [5.74, 6) is 0. The zero-order chi connectivity index (χ0) is 12.4. The van der Waals surface area contributed by atoms with Gasteiger partial charge < -0.3 is 0 Å². The summed E-state index contributed by atoms with van der Waals surface area (Å²) in [5.41, 5.74) is 1.35. The van der Waals surface area contributed by atoms with Crippen LogP contribution in [0.3, 0.4) is 0 Å². The molecule has 0 N–H and O–H groups in total. The lowest BCUT2D eigenvalue weighted by molar-refractivity contribution is 0.149. The van der Waals surface area contributed by atoms with Gasteiger partial charge in [0.15, 0.2) is 0 Å². The maximum atomic E-state index is 13.1. The fourth-order valence-corrected chi connectivity index (χ4v) is 2.81. The van der Waals surface area contributed by atoms with Crippen LogP contribution in [0.25, 0.3) is 0 Å². The Morgan fingerprint density at radius 3 is 2.65 bits per heavy atom. The summed E-state index contributed by atoms with van der Waals surface area (Å²) in [6.45, 7) is 0. The molecule has 1 aliphatic rings. The van der Waals surface area contributed by atoms with E-state index >= 15 is 0 Å². The van der Waals surface area contributed by atoms with Gasteiger partial charge in [-0.1, -0.05) is 0 Å². The van der Waals surface area contributed by atoms with Gasteiger partial charge in [0.05, 0.1) is 5.56 Å². The number of nitriles is 1. The fraction of sp³-hybridized carbons (Fsp3) is 0.500. The molecule has 0 fully saturated rings. The lowest BCUT2D eigenvalue weighted by Gasteiger charge is -2.20. The van der Waals surface area contributed by atoms with Crippen molar-refractivity contribution in [2.45, 2.75) is 37.1 Å². The molecule has 0 unspecified atom stereocenters. The van der Waals surface area contributed by atoms with Crippen LogP contribution in [0.15, 0.2) is 5.03 Å². The third-order valence-corrected chi connectivity index (χ3v) is 3.69. The summed E-state index contributed by atoms with van der Waals surface area (Å²) in [6.07, 6.45) is 2.42. The van der Waals surface area contributed by atoms with Crippen molar-refractivity contribution in [3.63, 3.8) is 0 Å². The van der Waals surface area contributed by atoms with E-state index in [-0.39, 0.29) is 11.1 Å². The van der Waals surface area contributed by atoms with Gasteiger partial charge >= 0.3 is 0 Å². The second-order valence-electron chi connectivity index (χ2n) is 3.95. The lowest BCUT2D eigenvalue weighted by atomic mass is 9.90. The normalized spacial score (nSPS) is 14.5. The number of rotatable bonds is 2. The molecule has 0 atom stereocenters. The van der Waals surface area contributed by atoms with Crippen molar-refractivity contribution in [1.29, 1.82) is 5.26 Å². The maximum absolute atomic E-state index is 13.1. The zero-order valence-electron chi connectivity index (χ0n) is 9.46. The van der Waals surface area contributed by atoms with Crippen LogP contribution in [0.2, 0.25) is 0 Å². The maximum Gasteiger partial charge on any atom is 0.265 e. The highest BCUT2D eigenvalue weighted by molar-refractivity contribution is 7.98. The van der Waals surface area contributed by atoms with E-state index in [9.17, 15) is 8.78 Å². The van der Waals surface area contributed by atoms with Crippen LogP contribution in [0.1, 0.15) is 41.7 Å². The molecule has 1 heterocycles. The number of nitrogens with zero attached hydrogens (tertiary/aromatic N) is 2. The molecule has 5 heteroatoms. The van der Waals surface area contributed by atoms with Crippen molar-refractivity contribution in [2.75, 3.05) is 6.26 Å². The zero-order valence-corrected chi connectivity index (χ0v) is 10.3. The molecular formula is C12H12F2N2S. The van der Waals surface area contributed by atoms with E-state index in [0.29, 0.717) is 17.0 Å². The summed E-state index contributed by atoms with van der Waals surface area (Å²) < 4.78 is 26.3. The molecular weight excluding hydrogens is 242 g/mol. The number of hydrogen-bond acceptors (Lipinski definition) is 3. The molecule has 1 aromatic rings. The number of pyridine rings is 1. The minimum Gasteiger partial charge on any atom is -0.245 e. The highest BCUT2D eigenvalue weighted by atomic mass is 32.2. The summed E-state index contributed by atoms with van der Waals surface area (Å²) >= 11 is 1.26. The van der Waals surface area contributed by atoms with E-state index < -0.39 is 6.43 Å². The predicted octanol–water partition coefficient (Wildman–Crippen LogP) is 3.49. The molecule has 0 saturated heterocycles. The summed E-state index contributed by atoms with van der Waals surface area (Å²) in [6, 6.07) is 1.88. The van der Waals surface area contributed by atoms with Gasteiger partial charge in [0.25, 0.3) is 6.43 Å². The Kier molecular flexibility index (Phi) is 3.63. The Morgan fingerprint density at radius 2 is 2.06 bits per heavy atom. The molecule has 0 aromatic carbocycles. The third kappa shape index (κ3) is 2.14. The van der Waals surface area contributed by atoms with Crippen molar-refractivity contribution in [1.82, 2.24) is 4.98 Å². The molecule has 0 bridgehead atoms. The van der Waals surface area contributed by atoms with Gasteiger partial charge in [-0.3, -0.25) is 0 Å². The van der Waals surface area contributed by atoms with Gasteiger partial charge in [-0.2, -0.15) is 5.26 Å². The largest absolute Gasteiger partial charge is 0.265 e. The minimum absolute atomic E-state index is 0.0631. The number of aryl methyl sites for hydroxylation is 1. The van der Waals surface area contributed by atoms with Crippen molar-refractivity contribution in [2.24, 2.45) is 0 Å². The van der Waals surface area contributed by atoms with E-state index in [1.807, 2.05) is 6.07 Å². The molecule has 1 aromatic heterocycles. The average molecular weight is 254 g/mol. The second-order valence-corrected chi connectivity index (χ2v) is 4.75. The van der Waals surface area contributed by atoms with Crippen molar-refractivity contribution in [3.05, 3.63) is 22.4 Å². The molecule has 2 rings (SSSR count).